The van der Waals surface area contributed by atoms with Gasteiger partial charge in [-0.3, -0.25) is 5.43 Å². The molecular formula is C20H12F6N2O. The summed E-state index contributed by atoms with van der Waals surface area (Å²) in [5.41, 5.74) is 1.60. The Morgan fingerprint density at radius 3 is 2.00 bits per heavy atom. The summed E-state index contributed by atoms with van der Waals surface area (Å²) in [6, 6.07) is 12.1. The van der Waals surface area contributed by atoms with E-state index < -0.39 is 34.8 Å². The van der Waals surface area contributed by atoms with Crippen LogP contribution in [0.25, 0.3) is 0 Å². The highest BCUT2D eigenvalue weighted by Crippen LogP contribution is 2.27. The molecule has 9 heteroatoms. The SMILES string of the molecule is Fc1ccc(COc2ccccc2/C=N\Nc2c(F)c(F)c(F)c(F)c2F)cc1. The van der Waals surface area contributed by atoms with E-state index in [1.807, 2.05) is 5.43 Å². The van der Waals surface area contributed by atoms with Crippen LogP contribution < -0.4 is 10.2 Å². The smallest absolute Gasteiger partial charge is 0.200 e. The highest BCUT2D eigenvalue weighted by atomic mass is 19.2. The summed E-state index contributed by atoms with van der Waals surface area (Å²) in [6.07, 6.45) is 1.10. The molecule has 1 N–H and O–H groups in total. The van der Waals surface area contributed by atoms with Gasteiger partial charge in [-0.1, -0.05) is 24.3 Å². The molecule has 0 atom stereocenters. The van der Waals surface area contributed by atoms with Gasteiger partial charge in [0.05, 0.1) is 6.21 Å². The molecule has 3 nitrogen and oxygen atoms in total. The van der Waals surface area contributed by atoms with E-state index in [4.69, 9.17) is 4.74 Å². The van der Waals surface area contributed by atoms with Crippen molar-refractivity contribution in [2.24, 2.45) is 5.10 Å². The molecule has 0 saturated heterocycles. The summed E-state index contributed by atoms with van der Waals surface area (Å²) in [7, 11) is 0. The molecule has 3 aromatic carbocycles. The molecule has 0 spiro atoms. The number of anilines is 1. The minimum Gasteiger partial charge on any atom is -0.488 e. The standard InChI is InChI=1S/C20H12F6N2O/c21-13-7-5-11(6-8-13)10-29-14-4-2-1-3-12(14)9-27-28-20-18(25)16(23)15(22)17(24)19(20)26/h1-9,28H,10H2/b27-9-. The van der Waals surface area contributed by atoms with E-state index in [1.165, 1.54) is 24.3 Å². The van der Waals surface area contributed by atoms with Crippen molar-refractivity contribution in [2.45, 2.75) is 6.61 Å². The summed E-state index contributed by atoms with van der Waals surface area (Å²) in [5.74, 6) is -10.5. The summed E-state index contributed by atoms with van der Waals surface area (Å²) >= 11 is 0. The molecule has 29 heavy (non-hydrogen) atoms. The Balaban J connectivity index is 1.76. The normalized spacial score (nSPS) is 11.1. The van der Waals surface area contributed by atoms with Crippen molar-refractivity contribution in [3.05, 3.63) is 94.6 Å². The fourth-order valence-electron chi connectivity index (χ4n) is 2.33. The first-order valence-corrected chi connectivity index (χ1v) is 8.15. The Kier molecular flexibility index (Phi) is 6.06. The van der Waals surface area contributed by atoms with Gasteiger partial charge in [0.15, 0.2) is 23.3 Å². The Morgan fingerprint density at radius 1 is 0.759 bits per heavy atom. The van der Waals surface area contributed by atoms with E-state index in [0.717, 1.165) is 6.21 Å². The van der Waals surface area contributed by atoms with Gasteiger partial charge in [-0.2, -0.15) is 5.10 Å². The maximum Gasteiger partial charge on any atom is 0.200 e. The molecule has 0 radical (unpaired) electrons. The van der Waals surface area contributed by atoms with E-state index in [1.54, 1.807) is 24.3 Å². The fourth-order valence-corrected chi connectivity index (χ4v) is 2.33. The molecule has 0 aliphatic heterocycles. The number of nitrogens with zero attached hydrogens (tertiary/aromatic N) is 1. The van der Waals surface area contributed by atoms with Crippen molar-refractivity contribution in [1.82, 2.24) is 0 Å². The Bertz CT molecular complexity index is 1020. The van der Waals surface area contributed by atoms with Crippen LogP contribution in [0, 0.1) is 34.9 Å². The van der Waals surface area contributed by atoms with Gasteiger partial charge in [0.1, 0.15) is 23.9 Å². The van der Waals surface area contributed by atoms with E-state index in [-0.39, 0.29) is 12.4 Å². The number of hydrogen-bond acceptors (Lipinski definition) is 3. The molecule has 0 aromatic heterocycles. The molecule has 0 aliphatic rings. The van der Waals surface area contributed by atoms with Crippen molar-refractivity contribution >= 4 is 11.9 Å². The summed E-state index contributed by atoms with van der Waals surface area (Å²) in [5, 5.41) is 3.53. The third kappa shape index (κ3) is 4.50. The Hall–Kier alpha value is -3.49. The van der Waals surface area contributed by atoms with Crippen LogP contribution in [0.2, 0.25) is 0 Å². The quantitative estimate of drug-likeness (QED) is 0.190. The van der Waals surface area contributed by atoms with Gasteiger partial charge < -0.3 is 4.74 Å². The average Bonchev–Trinajstić information content (AvgIpc) is 2.73. The van der Waals surface area contributed by atoms with Crippen LogP contribution in [-0.2, 0) is 6.61 Å². The lowest BCUT2D eigenvalue weighted by Crippen LogP contribution is -2.06. The summed E-state index contributed by atoms with van der Waals surface area (Å²) in [6.45, 7) is 0.107. The van der Waals surface area contributed by atoms with Gasteiger partial charge in [0.25, 0.3) is 0 Å². The van der Waals surface area contributed by atoms with Crippen molar-refractivity contribution < 1.29 is 31.1 Å². The molecule has 0 unspecified atom stereocenters. The summed E-state index contributed by atoms with van der Waals surface area (Å²) < 4.78 is 85.3. The number of rotatable bonds is 6. The molecule has 3 rings (SSSR count). The highest BCUT2D eigenvalue weighted by molar-refractivity contribution is 5.84. The number of halogens is 6. The van der Waals surface area contributed by atoms with Crippen LogP contribution in [0.4, 0.5) is 32.0 Å². The van der Waals surface area contributed by atoms with E-state index >= 15 is 0 Å². The molecule has 0 bridgehead atoms. The minimum absolute atomic E-state index is 0.107. The zero-order chi connectivity index (χ0) is 21.0. The highest BCUT2D eigenvalue weighted by Gasteiger charge is 2.25. The second-order valence-electron chi connectivity index (χ2n) is 5.77. The van der Waals surface area contributed by atoms with Crippen LogP contribution in [-0.4, -0.2) is 6.21 Å². The molecule has 0 heterocycles. The first-order valence-electron chi connectivity index (χ1n) is 8.15. The van der Waals surface area contributed by atoms with Crippen molar-refractivity contribution in [1.29, 1.82) is 0 Å². The molecule has 0 fully saturated rings. The first-order chi connectivity index (χ1) is 13.9. The molecule has 0 saturated carbocycles. The Morgan fingerprint density at radius 2 is 1.34 bits per heavy atom. The third-order valence-corrected chi connectivity index (χ3v) is 3.82. The topological polar surface area (TPSA) is 33.6 Å². The largest absolute Gasteiger partial charge is 0.488 e. The Labute approximate surface area is 161 Å². The van der Waals surface area contributed by atoms with Crippen LogP contribution in [0.15, 0.2) is 53.6 Å². The van der Waals surface area contributed by atoms with Crippen LogP contribution in [0.5, 0.6) is 5.75 Å². The van der Waals surface area contributed by atoms with E-state index in [9.17, 15) is 26.3 Å². The van der Waals surface area contributed by atoms with Gasteiger partial charge in [-0.05, 0) is 29.8 Å². The van der Waals surface area contributed by atoms with Crippen LogP contribution >= 0.6 is 0 Å². The van der Waals surface area contributed by atoms with Crippen molar-refractivity contribution in [3.63, 3.8) is 0 Å². The van der Waals surface area contributed by atoms with E-state index in [0.29, 0.717) is 16.9 Å². The number of benzene rings is 3. The van der Waals surface area contributed by atoms with E-state index in [2.05, 4.69) is 5.10 Å². The number of para-hydroxylation sites is 1. The second-order valence-corrected chi connectivity index (χ2v) is 5.77. The second kappa shape index (κ2) is 8.68. The van der Waals surface area contributed by atoms with Crippen molar-refractivity contribution in [3.8, 4) is 5.75 Å². The fraction of sp³-hybridized carbons (Fsp3) is 0.0500. The van der Waals surface area contributed by atoms with Gasteiger partial charge in [0.2, 0.25) is 5.82 Å². The maximum absolute atomic E-state index is 13.6. The summed E-state index contributed by atoms with van der Waals surface area (Å²) in [4.78, 5) is 0. The predicted molar refractivity (Wildman–Crippen MR) is 94.6 cm³/mol. The van der Waals surface area contributed by atoms with Crippen LogP contribution in [0.1, 0.15) is 11.1 Å². The van der Waals surface area contributed by atoms with Crippen LogP contribution in [0.3, 0.4) is 0 Å². The van der Waals surface area contributed by atoms with Gasteiger partial charge in [0, 0.05) is 5.56 Å². The zero-order valence-corrected chi connectivity index (χ0v) is 14.5. The lowest BCUT2D eigenvalue weighted by Gasteiger charge is -2.10. The molecular weight excluding hydrogens is 398 g/mol. The molecule has 0 aliphatic carbocycles. The number of hydrazone groups is 1. The molecule has 0 amide bonds. The molecule has 150 valence electrons. The predicted octanol–water partition coefficient (Wildman–Crippen LogP) is 5.55. The first kappa shape index (κ1) is 20.2. The number of nitrogens with one attached hydrogen (secondary N) is 1. The van der Waals surface area contributed by atoms with Gasteiger partial charge in [-0.25, -0.2) is 26.3 Å². The molecule has 3 aromatic rings. The van der Waals surface area contributed by atoms with Gasteiger partial charge >= 0.3 is 0 Å². The lowest BCUT2D eigenvalue weighted by atomic mass is 10.2. The van der Waals surface area contributed by atoms with Gasteiger partial charge in [-0.15, -0.1) is 0 Å². The number of hydrogen-bond donors (Lipinski definition) is 1. The minimum atomic E-state index is -2.26. The average molecular weight is 410 g/mol. The maximum atomic E-state index is 13.6. The monoisotopic (exact) mass is 410 g/mol. The third-order valence-electron chi connectivity index (χ3n) is 3.82. The zero-order valence-electron chi connectivity index (χ0n) is 14.5. The van der Waals surface area contributed by atoms with Crippen molar-refractivity contribution in [2.75, 3.05) is 5.43 Å². The number of ether oxygens (including phenoxy) is 1. The lowest BCUT2D eigenvalue weighted by molar-refractivity contribution is 0.305.